The quantitative estimate of drug-likeness (QED) is 0.734. The molecule has 5 nitrogen and oxygen atoms in total. The molecule has 1 aliphatic rings. The Kier molecular flexibility index (Phi) is 7.37. The Labute approximate surface area is 156 Å². The highest BCUT2D eigenvalue weighted by Gasteiger charge is 2.29. The van der Waals surface area contributed by atoms with Crippen LogP contribution in [0.3, 0.4) is 0 Å². The molecule has 0 spiro atoms. The molecule has 0 aliphatic heterocycles. The largest absolute Gasteiger partial charge is 0.349 e. The van der Waals surface area contributed by atoms with Gasteiger partial charge in [-0.3, -0.25) is 9.59 Å². The van der Waals surface area contributed by atoms with Crippen LogP contribution < -0.4 is 5.32 Å². The number of benzene rings is 1. The first kappa shape index (κ1) is 20.1. The number of amides is 2. The Hall–Kier alpha value is -2.17. The van der Waals surface area contributed by atoms with Crippen LogP contribution in [0.2, 0.25) is 0 Å². The summed E-state index contributed by atoms with van der Waals surface area (Å²) in [6.45, 7) is 2.07. The molecule has 1 aromatic carbocycles. The van der Waals surface area contributed by atoms with Crippen molar-refractivity contribution in [2.45, 2.75) is 57.9 Å². The predicted molar refractivity (Wildman–Crippen MR) is 105 cm³/mol. The molecule has 1 saturated carbocycles. The second-order valence-electron chi connectivity index (χ2n) is 7.49. The predicted octanol–water partition coefficient (Wildman–Crippen LogP) is 3.43. The zero-order valence-electron chi connectivity index (χ0n) is 16.2. The van der Waals surface area contributed by atoms with Crippen LogP contribution in [0, 0.1) is 11.3 Å². The maximum Gasteiger partial charge on any atom is 0.251 e. The van der Waals surface area contributed by atoms with Crippen LogP contribution in [0.15, 0.2) is 24.3 Å². The summed E-state index contributed by atoms with van der Waals surface area (Å²) in [6.07, 6.45) is 5.96. The molecule has 1 fully saturated rings. The number of nitrogens with zero attached hydrogens (tertiary/aromatic N) is 1. The number of carbonyl (C=O) groups is 2. The van der Waals surface area contributed by atoms with Crippen molar-refractivity contribution < 1.29 is 9.59 Å². The van der Waals surface area contributed by atoms with Crippen LogP contribution in [0.4, 0.5) is 0 Å². The fourth-order valence-electron chi connectivity index (χ4n) is 3.59. The monoisotopic (exact) mass is 357 g/mol. The molecule has 2 unspecified atom stereocenters. The summed E-state index contributed by atoms with van der Waals surface area (Å²) in [6, 6.07) is 7.57. The molecule has 1 aliphatic carbocycles. The molecular weight excluding hydrogens is 326 g/mol. The Balaban J connectivity index is 1.90. The van der Waals surface area contributed by atoms with Gasteiger partial charge in [0.1, 0.15) is 0 Å². The minimum atomic E-state index is -0.0804. The van der Waals surface area contributed by atoms with Crippen molar-refractivity contribution in [3.8, 4) is 0 Å². The zero-order valence-corrected chi connectivity index (χ0v) is 16.2. The van der Waals surface area contributed by atoms with Gasteiger partial charge in [-0.05, 0) is 43.4 Å². The van der Waals surface area contributed by atoms with Gasteiger partial charge >= 0.3 is 0 Å². The maximum absolute atomic E-state index is 12.5. The molecule has 5 heteroatoms. The van der Waals surface area contributed by atoms with Gasteiger partial charge in [-0.15, -0.1) is 0 Å². The number of hydrogen-bond donors (Lipinski definition) is 2. The number of hydrogen-bond acceptors (Lipinski definition) is 3. The number of carbonyl (C=O) groups excluding carboxylic acids is 2. The third-order valence-corrected chi connectivity index (χ3v) is 4.98. The lowest BCUT2D eigenvalue weighted by atomic mass is 9.84. The van der Waals surface area contributed by atoms with E-state index in [2.05, 4.69) is 12.2 Å². The van der Waals surface area contributed by atoms with E-state index < -0.39 is 0 Å². The topological polar surface area (TPSA) is 73.3 Å². The summed E-state index contributed by atoms with van der Waals surface area (Å²) in [7, 11) is 3.57. The van der Waals surface area contributed by atoms with E-state index >= 15 is 0 Å². The van der Waals surface area contributed by atoms with E-state index in [9.17, 15) is 9.59 Å². The Morgan fingerprint density at radius 1 is 1.19 bits per heavy atom. The van der Waals surface area contributed by atoms with Crippen LogP contribution in [-0.4, -0.2) is 42.6 Å². The van der Waals surface area contributed by atoms with E-state index in [4.69, 9.17) is 5.41 Å². The van der Waals surface area contributed by atoms with Crippen molar-refractivity contribution in [1.82, 2.24) is 10.2 Å². The smallest absolute Gasteiger partial charge is 0.251 e. The van der Waals surface area contributed by atoms with E-state index in [1.807, 2.05) is 24.3 Å². The van der Waals surface area contributed by atoms with Gasteiger partial charge in [0.05, 0.1) is 0 Å². The fourth-order valence-corrected chi connectivity index (χ4v) is 3.59. The highest BCUT2D eigenvalue weighted by atomic mass is 16.2. The second kappa shape index (κ2) is 9.51. The molecule has 0 radical (unpaired) electrons. The van der Waals surface area contributed by atoms with Crippen LogP contribution in [-0.2, 0) is 11.2 Å². The van der Waals surface area contributed by atoms with Gasteiger partial charge in [0.2, 0.25) is 5.91 Å². The first-order valence-corrected chi connectivity index (χ1v) is 9.58. The SMILES string of the molecule is CCCC(=N)Cc1ccc(C(=O)NC2CCCC(C(=O)N(C)C)C2)cc1. The van der Waals surface area contributed by atoms with Crippen molar-refractivity contribution >= 4 is 17.5 Å². The second-order valence-corrected chi connectivity index (χ2v) is 7.49. The minimum Gasteiger partial charge on any atom is -0.349 e. The number of nitrogens with one attached hydrogen (secondary N) is 2. The normalized spacial score (nSPS) is 19.7. The summed E-state index contributed by atoms with van der Waals surface area (Å²) < 4.78 is 0. The van der Waals surface area contributed by atoms with E-state index in [1.165, 1.54) is 0 Å². The molecule has 0 aromatic heterocycles. The summed E-state index contributed by atoms with van der Waals surface area (Å²) in [5, 5.41) is 11.0. The lowest BCUT2D eigenvalue weighted by molar-refractivity contribution is -0.134. The van der Waals surface area contributed by atoms with E-state index in [0.29, 0.717) is 12.0 Å². The Morgan fingerprint density at radius 2 is 1.88 bits per heavy atom. The molecular formula is C21H31N3O2. The molecule has 0 heterocycles. The number of rotatable bonds is 7. The molecule has 142 valence electrons. The van der Waals surface area contributed by atoms with Gasteiger partial charge in [0, 0.05) is 43.8 Å². The summed E-state index contributed by atoms with van der Waals surface area (Å²) in [5.41, 5.74) is 2.43. The van der Waals surface area contributed by atoms with Crippen molar-refractivity contribution in [2.24, 2.45) is 5.92 Å². The Morgan fingerprint density at radius 3 is 2.50 bits per heavy atom. The fraction of sp³-hybridized carbons (Fsp3) is 0.571. The van der Waals surface area contributed by atoms with Crippen LogP contribution in [0.25, 0.3) is 0 Å². The standard InChI is InChI=1S/C21H31N3O2/c1-4-6-18(22)13-15-9-11-16(12-10-15)20(25)23-19-8-5-7-17(14-19)21(26)24(2)3/h9-12,17,19,22H,4-8,13-14H2,1-3H3,(H,23,25). The first-order valence-electron chi connectivity index (χ1n) is 9.58. The van der Waals surface area contributed by atoms with E-state index in [0.717, 1.165) is 49.8 Å². The lowest BCUT2D eigenvalue weighted by Gasteiger charge is -2.30. The summed E-state index contributed by atoms with van der Waals surface area (Å²) in [5.74, 6) is 0.0852. The third kappa shape index (κ3) is 5.68. The summed E-state index contributed by atoms with van der Waals surface area (Å²) in [4.78, 5) is 26.3. The molecule has 0 saturated heterocycles. The molecule has 2 N–H and O–H groups in total. The zero-order chi connectivity index (χ0) is 19.1. The van der Waals surface area contributed by atoms with Crippen molar-refractivity contribution in [3.63, 3.8) is 0 Å². The third-order valence-electron chi connectivity index (χ3n) is 4.98. The van der Waals surface area contributed by atoms with E-state index in [-0.39, 0.29) is 23.8 Å². The highest BCUT2D eigenvalue weighted by Crippen LogP contribution is 2.26. The lowest BCUT2D eigenvalue weighted by Crippen LogP contribution is -2.42. The van der Waals surface area contributed by atoms with Crippen molar-refractivity contribution in [1.29, 1.82) is 5.41 Å². The molecule has 2 amide bonds. The molecule has 1 aromatic rings. The van der Waals surface area contributed by atoms with Gasteiger partial charge in [0.25, 0.3) is 5.91 Å². The average Bonchev–Trinajstić information content (AvgIpc) is 2.62. The van der Waals surface area contributed by atoms with Gasteiger partial charge in [-0.1, -0.05) is 31.9 Å². The van der Waals surface area contributed by atoms with Crippen molar-refractivity contribution in [2.75, 3.05) is 14.1 Å². The highest BCUT2D eigenvalue weighted by molar-refractivity contribution is 5.94. The van der Waals surface area contributed by atoms with Gasteiger partial charge in [-0.2, -0.15) is 0 Å². The van der Waals surface area contributed by atoms with Crippen LogP contribution in [0.1, 0.15) is 61.4 Å². The molecule has 2 rings (SSSR count). The van der Waals surface area contributed by atoms with Gasteiger partial charge in [0.15, 0.2) is 0 Å². The minimum absolute atomic E-state index is 0.0102. The maximum atomic E-state index is 12.5. The average molecular weight is 357 g/mol. The van der Waals surface area contributed by atoms with Crippen LogP contribution in [0.5, 0.6) is 0 Å². The Bertz CT molecular complexity index is 637. The van der Waals surface area contributed by atoms with Crippen molar-refractivity contribution in [3.05, 3.63) is 35.4 Å². The molecule has 0 bridgehead atoms. The van der Waals surface area contributed by atoms with Gasteiger partial charge in [-0.25, -0.2) is 0 Å². The van der Waals surface area contributed by atoms with Crippen LogP contribution >= 0.6 is 0 Å². The first-order chi connectivity index (χ1) is 12.4. The molecule has 26 heavy (non-hydrogen) atoms. The molecule has 2 atom stereocenters. The van der Waals surface area contributed by atoms with Gasteiger partial charge < -0.3 is 15.6 Å². The summed E-state index contributed by atoms with van der Waals surface area (Å²) >= 11 is 0. The van der Waals surface area contributed by atoms with E-state index in [1.54, 1.807) is 19.0 Å².